The molecular formula is C5H4MoN5O. The molecule has 2 heterocycles. The Morgan fingerprint density at radius 1 is 1.67 bits per heavy atom. The summed E-state index contributed by atoms with van der Waals surface area (Å²) in [6, 6.07) is 0. The van der Waals surface area contributed by atoms with Gasteiger partial charge in [0.05, 0.1) is 0 Å². The first-order valence-corrected chi connectivity index (χ1v) is 3.98. The molecule has 0 aliphatic heterocycles. The molecule has 0 aliphatic rings. The summed E-state index contributed by atoms with van der Waals surface area (Å²) < 4.78 is 1.65. The van der Waals surface area contributed by atoms with Crippen molar-refractivity contribution >= 4 is 17.1 Å². The third-order valence-corrected chi connectivity index (χ3v) is 2.05. The minimum absolute atomic E-state index is 0.109. The molecule has 0 amide bonds. The Hall–Kier alpha value is -1.16. The minimum atomic E-state index is -0.306. The quantitative estimate of drug-likeness (QED) is 0.584. The van der Waals surface area contributed by atoms with Crippen LogP contribution >= 0.6 is 0 Å². The molecule has 2 rings (SSSR count). The fraction of sp³-hybridized carbons (Fsp3) is 0. The van der Waals surface area contributed by atoms with E-state index >= 15 is 0 Å². The van der Waals surface area contributed by atoms with E-state index in [1.165, 1.54) is 6.33 Å². The van der Waals surface area contributed by atoms with E-state index in [0.29, 0.717) is 11.2 Å². The number of nitrogen functional groups attached to an aromatic ring is 1. The summed E-state index contributed by atoms with van der Waals surface area (Å²) in [6.07, 6.45) is 1.52. The van der Waals surface area contributed by atoms with E-state index in [-0.39, 0.29) is 11.5 Å². The number of hydrogen-bond acceptors (Lipinski definition) is 4. The molecule has 0 fully saturated rings. The van der Waals surface area contributed by atoms with Crippen LogP contribution in [0.4, 0.5) is 5.95 Å². The number of nitrogens with zero attached hydrogens (tertiary/aromatic N) is 3. The van der Waals surface area contributed by atoms with E-state index in [9.17, 15) is 4.79 Å². The van der Waals surface area contributed by atoms with Gasteiger partial charge in [0.15, 0.2) is 0 Å². The zero-order valence-electron chi connectivity index (χ0n) is 5.81. The summed E-state index contributed by atoms with van der Waals surface area (Å²) in [5.74, 6) is 0.109. The van der Waals surface area contributed by atoms with Gasteiger partial charge in [-0.05, 0) is 0 Å². The molecule has 6 nitrogen and oxygen atoms in total. The van der Waals surface area contributed by atoms with E-state index in [1.807, 2.05) is 0 Å². The second kappa shape index (κ2) is 2.42. The number of nitrogens with two attached hydrogens (primary N) is 1. The van der Waals surface area contributed by atoms with Crippen LogP contribution in [0.15, 0.2) is 11.1 Å². The van der Waals surface area contributed by atoms with Crippen molar-refractivity contribution in [1.29, 1.82) is 0 Å². The van der Waals surface area contributed by atoms with Crippen molar-refractivity contribution in [2.75, 3.05) is 5.73 Å². The third-order valence-electron chi connectivity index (χ3n) is 1.40. The number of aromatic amines is 1. The second-order valence-corrected chi connectivity index (χ2v) is 3.16. The molecule has 12 heavy (non-hydrogen) atoms. The number of H-pyrrole nitrogens is 1. The Morgan fingerprint density at radius 2 is 2.42 bits per heavy atom. The predicted octanol–water partition coefficient (Wildman–Crippen LogP) is -0.988. The fourth-order valence-corrected chi connectivity index (χ4v) is 1.34. The van der Waals surface area contributed by atoms with E-state index in [2.05, 4.69) is 15.0 Å². The molecule has 0 saturated carbocycles. The van der Waals surface area contributed by atoms with Crippen molar-refractivity contribution in [2.45, 2.75) is 0 Å². The van der Waals surface area contributed by atoms with E-state index in [1.54, 1.807) is 23.2 Å². The molecule has 0 aliphatic carbocycles. The number of imidazole rings is 1. The van der Waals surface area contributed by atoms with Gasteiger partial charge in [-0.1, -0.05) is 0 Å². The van der Waals surface area contributed by atoms with E-state index < -0.39 is 0 Å². The summed E-state index contributed by atoms with van der Waals surface area (Å²) in [7, 11) is 0. The average Bonchev–Trinajstić information content (AvgIpc) is 2.33. The van der Waals surface area contributed by atoms with Crippen LogP contribution in [0, 0.1) is 0 Å². The molecule has 0 radical (unpaired) electrons. The van der Waals surface area contributed by atoms with Crippen LogP contribution in [-0.2, 0) is 20.1 Å². The van der Waals surface area contributed by atoms with Gasteiger partial charge in [0.2, 0.25) is 0 Å². The zero-order valence-corrected chi connectivity index (χ0v) is 7.82. The summed E-state index contributed by atoms with van der Waals surface area (Å²) in [6.45, 7) is 0. The van der Waals surface area contributed by atoms with Gasteiger partial charge in [0, 0.05) is 0 Å². The first-order chi connectivity index (χ1) is 5.68. The first kappa shape index (κ1) is 7.49. The zero-order chi connectivity index (χ0) is 8.72. The van der Waals surface area contributed by atoms with Crippen LogP contribution in [0.3, 0.4) is 0 Å². The monoisotopic (exact) mass is 248 g/mol. The maximum atomic E-state index is 11.2. The summed E-state index contributed by atoms with van der Waals surface area (Å²) >= 11 is 1.68. The van der Waals surface area contributed by atoms with Crippen LogP contribution in [0.1, 0.15) is 0 Å². The molecular weight excluding hydrogens is 242 g/mol. The average molecular weight is 246 g/mol. The molecule has 0 saturated heterocycles. The molecule has 61 valence electrons. The molecule has 3 N–H and O–H groups in total. The van der Waals surface area contributed by atoms with Gasteiger partial charge in [-0.2, -0.15) is 0 Å². The summed E-state index contributed by atoms with van der Waals surface area (Å²) in [5, 5.41) is 0. The fourth-order valence-electron chi connectivity index (χ4n) is 0.907. The Labute approximate surface area is 78.0 Å². The number of rotatable bonds is 0. The third kappa shape index (κ3) is 0.956. The number of hydrogen-bond donors (Lipinski definition) is 2. The molecule has 2 aromatic rings. The summed E-state index contributed by atoms with van der Waals surface area (Å²) in [5.41, 5.74) is 5.86. The van der Waals surface area contributed by atoms with Crippen molar-refractivity contribution in [1.82, 2.24) is 18.1 Å². The van der Waals surface area contributed by atoms with Crippen LogP contribution in [0.5, 0.6) is 0 Å². The van der Waals surface area contributed by atoms with Gasteiger partial charge in [-0.25, -0.2) is 0 Å². The van der Waals surface area contributed by atoms with Crippen molar-refractivity contribution in [2.24, 2.45) is 0 Å². The Balaban J connectivity index is 3.03. The Bertz CT molecular complexity index is 486. The summed E-state index contributed by atoms with van der Waals surface area (Å²) in [4.78, 5) is 21.3. The van der Waals surface area contributed by atoms with E-state index in [0.717, 1.165) is 0 Å². The standard InChI is InChI=1S/C5H5N5O.Mo/c6-5-9-3-2(4(11)10-5)7-1-8-3;/h1H,(H4,6,7,8,9,10,11);/q;+1/p-1. The van der Waals surface area contributed by atoms with Crippen LogP contribution in [0.2, 0.25) is 0 Å². The van der Waals surface area contributed by atoms with Gasteiger partial charge in [0.1, 0.15) is 0 Å². The normalized spacial score (nSPS) is 10.7. The SMILES string of the molecule is Nc1nc2c(nc[n]2[Mo])c(=O)[nH]1. The van der Waals surface area contributed by atoms with Crippen molar-refractivity contribution in [3.05, 3.63) is 16.7 Å². The van der Waals surface area contributed by atoms with Gasteiger partial charge in [-0.15, -0.1) is 0 Å². The number of anilines is 1. The molecule has 0 aromatic carbocycles. The van der Waals surface area contributed by atoms with Gasteiger partial charge >= 0.3 is 77.7 Å². The van der Waals surface area contributed by atoms with Crippen LogP contribution in [-0.4, -0.2) is 18.1 Å². The number of aromatic nitrogens is 4. The molecule has 0 bridgehead atoms. The Kier molecular flexibility index (Phi) is 1.51. The molecule has 0 atom stereocenters. The first-order valence-electron chi connectivity index (χ1n) is 3.09. The second-order valence-electron chi connectivity index (χ2n) is 2.19. The van der Waals surface area contributed by atoms with Crippen LogP contribution in [0.25, 0.3) is 11.2 Å². The van der Waals surface area contributed by atoms with Crippen molar-refractivity contribution in [3.8, 4) is 0 Å². The molecule has 2 aromatic heterocycles. The van der Waals surface area contributed by atoms with Crippen LogP contribution < -0.4 is 11.3 Å². The maximum absolute atomic E-state index is 11.2. The van der Waals surface area contributed by atoms with Gasteiger partial charge in [-0.3, -0.25) is 0 Å². The molecule has 0 spiro atoms. The molecule has 0 unspecified atom stereocenters. The van der Waals surface area contributed by atoms with Gasteiger partial charge in [0.25, 0.3) is 0 Å². The van der Waals surface area contributed by atoms with Crippen molar-refractivity contribution < 1.29 is 20.1 Å². The predicted molar refractivity (Wildman–Crippen MR) is 38.0 cm³/mol. The van der Waals surface area contributed by atoms with Gasteiger partial charge < -0.3 is 0 Å². The number of fused-ring (bicyclic) bond motifs is 1. The topological polar surface area (TPSA) is 89.6 Å². The van der Waals surface area contributed by atoms with E-state index in [4.69, 9.17) is 5.73 Å². The number of nitrogens with one attached hydrogen (secondary N) is 1. The molecule has 7 heteroatoms. The Morgan fingerprint density at radius 3 is 3.17 bits per heavy atom. The van der Waals surface area contributed by atoms with Crippen molar-refractivity contribution in [3.63, 3.8) is 0 Å².